The minimum absolute atomic E-state index is 0.0854. The van der Waals surface area contributed by atoms with Crippen molar-refractivity contribution in [1.29, 1.82) is 5.26 Å². The van der Waals surface area contributed by atoms with E-state index in [4.69, 9.17) is 11.0 Å². The van der Waals surface area contributed by atoms with Crippen LogP contribution in [-0.2, 0) is 0 Å². The summed E-state index contributed by atoms with van der Waals surface area (Å²) in [6, 6.07) is 10.1. The first-order chi connectivity index (χ1) is 12.0. The maximum atomic E-state index is 14.7. The van der Waals surface area contributed by atoms with Gasteiger partial charge in [-0.1, -0.05) is 6.07 Å². The molecule has 1 aliphatic heterocycles. The second-order valence-corrected chi connectivity index (χ2v) is 6.28. The number of alkyl halides is 1. The molecular formula is C19H18F3N3. The van der Waals surface area contributed by atoms with E-state index < -0.39 is 17.8 Å². The highest BCUT2D eigenvalue weighted by Gasteiger charge is 2.30. The number of hydrogen-bond donors (Lipinski definition) is 1. The van der Waals surface area contributed by atoms with Gasteiger partial charge in [0.25, 0.3) is 0 Å². The molecule has 1 aliphatic rings. The first-order valence-electron chi connectivity index (χ1n) is 8.13. The zero-order valence-electron chi connectivity index (χ0n) is 13.6. The van der Waals surface area contributed by atoms with Crippen molar-refractivity contribution < 1.29 is 13.2 Å². The molecule has 3 nitrogen and oxygen atoms in total. The number of nitrogens with two attached hydrogens (primary N) is 1. The lowest BCUT2D eigenvalue weighted by molar-refractivity contribution is 0.194. The first-order valence-corrected chi connectivity index (χ1v) is 8.13. The van der Waals surface area contributed by atoms with Gasteiger partial charge >= 0.3 is 0 Å². The Labute approximate surface area is 144 Å². The van der Waals surface area contributed by atoms with Crippen molar-refractivity contribution in [1.82, 2.24) is 0 Å². The zero-order chi connectivity index (χ0) is 18.0. The van der Waals surface area contributed by atoms with Crippen LogP contribution < -0.4 is 10.6 Å². The monoisotopic (exact) mass is 345 g/mol. The molecule has 130 valence electrons. The van der Waals surface area contributed by atoms with Crippen LogP contribution in [0.2, 0.25) is 0 Å². The van der Waals surface area contributed by atoms with Gasteiger partial charge in [0, 0.05) is 24.7 Å². The second-order valence-electron chi connectivity index (χ2n) is 6.28. The van der Waals surface area contributed by atoms with Crippen molar-refractivity contribution in [3.05, 3.63) is 59.2 Å². The van der Waals surface area contributed by atoms with Crippen LogP contribution in [0.1, 0.15) is 30.1 Å². The summed E-state index contributed by atoms with van der Waals surface area (Å²) in [4.78, 5) is 2.04. The minimum Gasteiger partial charge on any atom is -0.397 e. The summed E-state index contributed by atoms with van der Waals surface area (Å²) in [5.41, 5.74) is 7.74. The van der Waals surface area contributed by atoms with Crippen LogP contribution in [0, 0.1) is 28.9 Å². The van der Waals surface area contributed by atoms with Crippen LogP contribution >= 0.6 is 0 Å². The second kappa shape index (κ2) is 7.06. The fourth-order valence-electron chi connectivity index (χ4n) is 3.32. The Bertz CT molecular complexity index is 808. The number of hydrogen-bond acceptors (Lipinski definition) is 3. The van der Waals surface area contributed by atoms with Crippen molar-refractivity contribution in [2.75, 3.05) is 23.7 Å². The van der Waals surface area contributed by atoms with Crippen LogP contribution in [0.3, 0.4) is 0 Å². The molecule has 3 rings (SSSR count). The number of nitrogens with zero attached hydrogens (tertiary/aromatic N) is 2. The van der Waals surface area contributed by atoms with Gasteiger partial charge in [-0.3, -0.25) is 0 Å². The Morgan fingerprint density at radius 1 is 1.12 bits per heavy atom. The van der Waals surface area contributed by atoms with Crippen LogP contribution in [0.4, 0.5) is 24.5 Å². The molecular weight excluding hydrogens is 327 g/mol. The van der Waals surface area contributed by atoms with E-state index in [9.17, 15) is 13.2 Å². The minimum atomic E-state index is -1.46. The molecule has 0 aromatic heterocycles. The molecule has 0 aliphatic carbocycles. The highest BCUT2D eigenvalue weighted by atomic mass is 19.1. The van der Waals surface area contributed by atoms with E-state index in [1.54, 1.807) is 18.2 Å². The Hall–Kier alpha value is -2.68. The summed E-state index contributed by atoms with van der Waals surface area (Å²) in [6.07, 6.45) is -0.379. The largest absolute Gasteiger partial charge is 0.397 e. The lowest BCUT2D eigenvalue weighted by Crippen LogP contribution is -2.35. The van der Waals surface area contributed by atoms with Gasteiger partial charge in [0.05, 0.1) is 23.0 Å². The fourth-order valence-corrected chi connectivity index (χ4v) is 3.32. The van der Waals surface area contributed by atoms with Crippen LogP contribution in [0.15, 0.2) is 36.4 Å². The molecule has 0 amide bonds. The third kappa shape index (κ3) is 3.55. The van der Waals surface area contributed by atoms with Gasteiger partial charge in [-0.2, -0.15) is 5.26 Å². The molecule has 1 heterocycles. The quantitative estimate of drug-likeness (QED) is 0.842. The molecule has 0 saturated carbocycles. The zero-order valence-corrected chi connectivity index (χ0v) is 13.6. The van der Waals surface area contributed by atoms with Crippen molar-refractivity contribution in [3.63, 3.8) is 0 Å². The Morgan fingerprint density at radius 2 is 1.84 bits per heavy atom. The molecule has 0 radical (unpaired) electrons. The molecule has 2 aromatic rings. The van der Waals surface area contributed by atoms with E-state index in [0.717, 1.165) is 11.8 Å². The first kappa shape index (κ1) is 17.2. The smallest absolute Gasteiger partial charge is 0.132 e. The molecule has 2 N–H and O–H groups in total. The molecule has 2 aromatic carbocycles. The summed E-state index contributed by atoms with van der Waals surface area (Å²) >= 11 is 0. The van der Waals surface area contributed by atoms with Crippen molar-refractivity contribution >= 4 is 11.4 Å². The topological polar surface area (TPSA) is 53.0 Å². The van der Waals surface area contributed by atoms with Crippen LogP contribution in [-0.4, -0.2) is 13.1 Å². The molecule has 0 spiro atoms. The van der Waals surface area contributed by atoms with E-state index in [2.05, 4.69) is 0 Å². The maximum Gasteiger partial charge on any atom is 0.132 e. The molecule has 1 saturated heterocycles. The summed E-state index contributed by atoms with van der Waals surface area (Å²) < 4.78 is 41.5. The van der Waals surface area contributed by atoms with Gasteiger partial charge in [-0.25, -0.2) is 13.2 Å². The summed E-state index contributed by atoms with van der Waals surface area (Å²) in [6.45, 7) is 1.17. The van der Waals surface area contributed by atoms with Gasteiger partial charge in [0.1, 0.15) is 17.8 Å². The van der Waals surface area contributed by atoms with Crippen LogP contribution in [0.25, 0.3) is 0 Å². The normalized spacial score (nSPS) is 16.5. The van der Waals surface area contributed by atoms with Gasteiger partial charge < -0.3 is 10.6 Å². The van der Waals surface area contributed by atoms with Crippen molar-refractivity contribution in [2.45, 2.75) is 19.0 Å². The average Bonchev–Trinajstić information content (AvgIpc) is 2.61. The number of rotatable bonds is 3. The summed E-state index contributed by atoms with van der Waals surface area (Å²) in [5, 5.41) is 8.89. The average molecular weight is 345 g/mol. The van der Waals surface area contributed by atoms with Gasteiger partial charge in [0.2, 0.25) is 0 Å². The van der Waals surface area contributed by atoms with Crippen molar-refractivity contribution in [2.24, 2.45) is 5.92 Å². The number of anilines is 2. The number of piperidine rings is 1. The number of halogens is 3. The summed E-state index contributed by atoms with van der Waals surface area (Å²) in [7, 11) is 0. The fraction of sp³-hybridized carbons (Fsp3) is 0.316. The number of nitrogen functional groups attached to an aromatic ring is 1. The molecule has 1 atom stereocenters. The Morgan fingerprint density at radius 3 is 2.44 bits per heavy atom. The molecule has 0 bridgehead atoms. The molecule has 1 fully saturated rings. The lowest BCUT2D eigenvalue weighted by Gasteiger charge is -2.35. The third-order valence-electron chi connectivity index (χ3n) is 4.71. The number of benzene rings is 2. The number of nitriles is 1. The van der Waals surface area contributed by atoms with E-state index in [1.807, 2.05) is 11.0 Å². The highest BCUT2D eigenvalue weighted by molar-refractivity contribution is 5.69. The Balaban J connectivity index is 1.68. The SMILES string of the molecule is N#Cc1ccc(N2CCC([C@@H](F)c3ccc(F)cc3F)CC2)c(N)c1. The standard InChI is InChI=1S/C19H18F3N3/c20-14-2-3-15(16(21)10-14)19(22)13-5-7-25(8-6-13)18-4-1-12(11-23)9-17(18)24/h1-4,9-10,13,19H,5-8,24H2/t19-/m1/s1. The Kier molecular flexibility index (Phi) is 4.84. The van der Waals surface area contributed by atoms with E-state index >= 15 is 0 Å². The van der Waals surface area contributed by atoms with Crippen molar-refractivity contribution in [3.8, 4) is 6.07 Å². The van der Waals surface area contributed by atoms with Crippen LogP contribution in [0.5, 0.6) is 0 Å². The highest BCUT2D eigenvalue weighted by Crippen LogP contribution is 2.37. The molecule has 25 heavy (non-hydrogen) atoms. The van der Waals surface area contributed by atoms with Gasteiger partial charge in [-0.05, 0) is 43.0 Å². The molecule has 6 heteroatoms. The predicted molar refractivity (Wildman–Crippen MR) is 90.7 cm³/mol. The maximum absolute atomic E-state index is 14.7. The molecule has 0 unspecified atom stereocenters. The predicted octanol–water partition coefficient (Wildman–Crippen LogP) is 4.35. The lowest BCUT2D eigenvalue weighted by atomic mass is 9.88. The summed E-state index contributed by atoms with van der Waals surface area (Å²) in [5.74, 6) is -1.87. The van der Waals surface area contributed by atoms with E-state index in [0.29, 0.717) is 43.2 Å². The van der Waals surface area contributed by atoms with E-state index in [-0.39, 0.29) is 11.5 Å². The van der Waals surface area contributed by atoms with Gasteiger partial charge in [0.15, 0.2) is 0 Å². The van der Waals surface area contributed by atoms with Gasteiger partial charge in [-0.15, -0.1) is 0 Å². The van der Waals surface area contributed by atoms with E-state index in [1.165, 1.54) is 6.07 Å². The third-order valence-corrected chi connectivity index (χ3v) is 4.71.